The molecule has 0 unspecified atom stereocenters. The molecule has 0 amide bonds. The Morgan fingerprint density at radius 1 is 0.967 bits per heavy atom. The molecule has 4 aromatic rings. The fourth-order valence-electron chi connectivity index (χ4n) is 3.18. The summed E-state index contributed by atoms with van der Waals surface area (Å²) in [4.78, 5) is 0. The number of rotatable bonds is 5. The van der Waals surface area contributed by atoms with Crippen molar-refractivity contribution < 1.29 is 5.11 Å². The fraction of sp³-hybridized carbons (Fsp3) is 0.0870. The summed E-state index contributed by atoms with van der Waals surface area (Å²) in [6.07, 6.45) is 0. The number of benzene rings is 3. The fourth-order valence-corrected chi connectivity index (χ4v) is 4.11. The number of halogens is 1. The van der Waals surface area contributed by atoms with Crippen LogP contribution in [0.15, 0.2) is 89.1 Å². The van der Waals surface area contributed by atoms with Gasteiger partial charge in [-0.2, -0.15) is 0 Å². The smallest absolute Gasteiger partial charge is 0.221 e. The highest BCUT2D eigenvalue weighted by Crippen LogP contribution is 2.39. The van der Waals surface area contributed by atoms with Gasteiger partial charge in [-0.3, -0.25) is 5.41 Å². The van der Waals surface area contributed by atoms with Gasteiger partial charge < -0.3 is 9.67 Å². The van der Waals surface area contributed by atoms with E-state index in [4.69, 9.17) is 17.0 Å². The molecule has 0 saturated heterocycles. The van der Waals surface area contributed by atoms with Gasteiger partial charge in [0.2, 0.25) is 11.0 Å². The molecule has 0 saturated carbocycles. The Balaban J connectivity index is 1.57. The highest BCUT2D eigenvalue weighted by Gasteiger charge is 2.16. The van der Waals surface area contributed by atoms with E-state index in [2.05, 4.69) is 10.2 Å². The number of fused-ring (bicyclic) bond motifs is 1. The van der Waals surface area contributed by atoms with E-state index in [1.54, 1.807) is 4.57 Å². The third-order valence-electron chi connectivity index (χ3n) is 4.66. The van der Waals surface area contributed by atoms with E-state index in [9.17, 15) is 5.11 Å². The van der Waals surface area contributed by atoms with Gasteiger partial charge in [-0.1, -0.05) is 90.1 Å². The molecular weight excluding hydrogens is 416 g/mol. The van der Waals surface area contributed by atoms with Gasteiger partial charge in [0.25, 0.3) is 0 Å². The van der Waals surface area contributed by atoms with Crippen molar-refractivity contribution in [2.45, 2.75) is 12.3 Å². The van der Waals surface area contributed by atoms with Gasteiger partial charge in [-0.05, 0) is 23.3 Å². The SMILES string of the molecule is N=C(N=Nc1c(O)n(Cc2ccccc2)c2ccccc12)SCc1ccccc1Cl. The zero-order valence-electron chi connectivity index (χ0n) is 16.0. The van der Waals surface area contributed by atoms with Crippen molar-refractivity contribution in [2.75, 3.05) is 0 Å². The molecule has 150 valence electrons. The Morgan fingerprint density at radius 3 is 2.47 bits per heavy atom. The number of aromatic hydroxyl groups is 1. The molecule has 0 fully saturated rings. The van der Waals surface area contributed by atoms with Crippen LogP contribution in [0.3, 0.4) is 0 Å². The summed E-state index contributed by atoms with van der Waals surface area (Å²) in [6.45, 7) is 0.515. The lowest BCUT2D eigenvalue weighted by Gasteiger charge is -2.06. The molecule has 1 heterocycles. The zero-order valence-corrected chi connectivity index (χ0v) is 17.6. The average Bonchev–Trinajstić information content (AvgIpc) is 3.03. The van der Waals surface area contributed by atoms with Crippen LogP contribution in [-0.4, -0.2) is 14.8 Å². The topological polar surface area (TPSA) is 73.7 Å². The molecule has 5 nitrogen and oxygen atoms in total. The standard InChI is InChI=1S/C23H19ClN4OS/c24-19-12-6-4-10-17(19)15-30-23(25)27-26-21-18-11-5-7-13-20(18)28(22(21)29)14-16-8-2-1-3-9-16/h1-13,25,29H,14-15H2. The number of amidine groups is 1. The summed E-state index contributed by atoms with van der Waals surface area (Å²) in [5.41, 5.74) is 3.24. The van der Waals surface area contributed by atoms with Gasteiger partial charge in [0.15, 0.2) is 5.69 Å². The van der Waals surface area contributed by atoms with Crippen molar-refractivity contribution in [3.05, 3.63) is 95.0 Å². The molecule has 0 aliphatic heterocycles. The molecule has 7 heteroatoms. The molecule has 0 bridgehead atoms. The minimum atomic E-state index is 0.0349. The van der Waals surface area contributed by atoms with Crippen molar-refractivity contribution in [1.82, 2.24) is 4.57 Å². The monoisotopic (exact) mass is 434 g/mol. The van der Waals surface area contributed by atoms with Crippen LogP contribution in [0.2, 0.25) is 5.02 Å². The Bertz CT molecular complexity index is 1220. The largest absolute Gasteiger partial charge is 0.493 e. The number of thioether (sulfide) groups is 1. The predicted molar refractivity (Wildman–Crippen MR) is 124 cm³/mol. The van der Waals surface area contributed by atoms with Crippen LogP contribution >= 0.6 is 23.4 Å². The zero-order chi connectivity index (χ0) is 20.9. The van der Waals surface area contributed by atoms with Crippen LogP contribution in [0.5, 0.6) is 5.88 Å². The van der Waals surface area contributed by atoms with E-state index in [-0.39, 0.29) is 11.0 Å². The predicted octanol–water partition coefficient (Wildman–Crippen LogP) is 7.00. The van der Waals surface area contributed by atoms with E-state index in [1.807, 2.05) is 78.9 Å². The van der Waals surface area contributed by atoms with E-state index < -0.39 is 0 Å². The van der Waals surface area contributed by atoms with Gasteiger partial charge in [-0.25, -0.2) is 0 Å². The minimum absolute atomic E-state index is 0.0349. The summed E-state index contributed by atoms with van der Waals surface area (Å²) < 4.78 is 1.81. The van der Waals surface area contributed by atoms with E-state index in [0.717, 1.165) is 22.0 Å². The normalized spacial score (nSPS) is 11.4. The molecule has 0 atom stereocenters. The number of nitrogens with one attached hydrogen (secondary N) is 1. The maximum absolute atomic E-state index is 10.8. The van der Waals surface area contributed by atoms with Crippen molar-refractivity contribution in [2.24, 2.45) is 10.2 Å². The molecule has 1 aromatic heterocycles. The molecule has 0 aliphatic rings. The maximum atomic E-state index is 10.8. The molecule has 2 N–H and O–H groups in total. The molecule has 4 rings (SSSR count). The lowest BCUT2D eigenvalue weighted by molar-refractivity contribution is 0.429. The molecule has 30 heavy (non-hydrogen) atoms. The van der Waals surface area contributed by atoms with Gasteiger partial charge >= 0.3 is 0 Å². The Morgan fingerprint density at radius 2 is 1.67 bits per heavy atom. The lowest BCUT2D eigenvalue weighted by Crippen LogP contribution is -1.98. The van der Waals surface area contributed by atoms with E-state index in [0.29, 0.717) is 23.0 Å². The first-order valence-electron chi connectivity index (χ1n) is 9.34. The summed E-state index contributed by atoms with van der Waals surface area (Å²) in [6, 6.07) is 25.1. The van der Waals surface area contributed by atoms with Gasteiger partial charge in [-0.15, -0.1) is 10.2 Å². The molecule has 0 aliphatic carbocycles. The number of para-hydroxylation sites is 1. The summed E-state index contributed by atoms with van der Waals surface area (Å²) in [7, 11) is 0. The second kappa shape index (κ2) is 9.15. The first-order chi connectivity index (χ1) is 14.6. The van der Waals surface area contributed by atoms with Crippen LogP contribution in [-0.2, 0) is 12.3 Å². The first kappa shape index (κ1) is 20.2. The molecule has 0 spiro atoms. The minimum Gasteiger partial charge on any atom is -0.493 e. The number of hydrogen-bond donors (Lipinski definition) is 2. The van der Waals surface area contributed by atoms with E-state index in [1.165, 1.54) is 11.8 Å². The molecular formula is C23H19ClN4OS. The van der Waals surface area contributed by atoms with Gasteiger partial charge in [0.05, 0.1) is 12.1 Å². The lowest BCUT2D eigenvalue weighted by atomic mass is 10.2. The third-order valence-corrected chi connectivity index (χ3v) is 5.84. The Kier molecular flexibility index (Phi) is 6.16. The van der Waals surface area contributed by atoms with Crippen LogP contribution < -0.4 is 0 Å². The van der Waals surface area contributed by atoms with Crippen LogP contribution in [0.1, 0.15) is 11.1 Å². The number of azo groups is 1. The van der Waals surface area contributed by atoms with Crippen molar-refractivity contribution in [1.29, 1.82) is 5.41 Å². The van der Waals surface area contributed by atoms with Gasteiger partial charge in [0.1, 0.15) is 0 Å². The van der Waals surface area contributed by atoms with Crippen LogP contribution in [0.4, 0.5) is 5.69 Å². The average molecular weight is 435 g/mol. The Hall–Kier alpha value is -3.09. The number of hydrogen-bond acceptors (Lipinski definition) is 4. The summed E-state index contributed by atoms with van der Waals surface area (Å²) in [5.74, 6) is 0.562. The van der Waals surface area contributed by atoms with Gasteiger partial charge in [0, 0.05) is 16.2 Å². The third kappa shape index (κ3) is 4.40. The van der Waals surface area contributed by atoms with Crippen molar-refractivity contribution in [3.63, 3.8) is 0 Å². The van der Waals surface area contributed by atoms with Crippen molar-refractivity contribution in [3.8, 4) is 5.88 Å². The molecule has 0 radical (unpaired) electrons. The second-order valence-corrected chi connectivity index (χ2v) is 8.02. The molecule has 3 aromatic carbocycles. The number of aromatic nitrogens is 1. The van der Waals surface area contributed by atoms with Crippen LogP contribution in [0.25, 0.3) is 10.9 Å². The number of nitrogens with zero attached hydrogens (tertiary/aromatic N) is 3. The quantitative estimate of drug-likeness (QED) is 0.201. The summed E-state index contributed by atoms with van der Waals surface area (Å²) >= 11 is 7.40. The highest BCUT2D eigenvalue weighted by molar-refractivity contribution is 8.13. The van der Waals surface area contributed by atoms with Crippen molar-refractivity contribution >= 4 is 45.1 Å². The summed E-state index contributed by atoms with van der Waals surface area (Å²) in [5, 5.41) is 28.7. The second-order valence-electron chi connectivity index (χ2n) is 6.65. The Labute approximate surface area is 183 Å². The van der Waals surface area contributed by atoms with E-state index >= 15 is 0 Å². The highest BCUT2D eigenvalue weighted by atomic mass is 35.5. The van der Waals surface area contributed by atoms with Crippen LogP contribution in [0, 0.1) is 5.41 Å². The first-order valence-corrected chi connectivity index (χ1v) is 10.7. The maximum Gasteiger partial charge on any atom is 0.221 e.